The number of esters is 3. The second kappa shape index (κ2) is 13.1. The molecule has 1 unspecified atom stereocenters. The Morgan fingerprint density at radius 3 is 1.98 bits per heavy atom. The van der Waals surface area contributed by atoms with Crippen LogP contribution in [0.2, 0.25) is 0 Å². The number of amides is 2. The minimum absolute atomic E-state index is 0.0536. The van der Waals surface area contributed by atoms with Crippen molar-refractivity contribution in [3.05, 3.63) is 91.2 Å². The molecule has 0 saturated carbocycles. The standard InChI is InChI=1S/C30H29N5O12/c1-15-22(14-32-12-11-19(13-32)31-30(41)47-28(39)18-5-9-21(10-6-18)35(44)45)25(33-24(15)23(16(2)36)26(33)37)29(40)46-27(38)17-3-7-20(8-4-17)34(42)43/h3-10,15-16,19,23-24,36H,11-14H2,1-2H3,(H,31,41)/t15-,16+,19+,23?,24+/m0/s1. The first-order chi connectivity index (χ1) is 22.3. The summed E-state index contributed by atoms with van der Waals surface area (Å²) >= 11 is 0. The second-order valence-corrected chi connectivity index (χ2v) is 11.5. The SMILES string of the molecule is C[C@@H](O)C1C(=O)N2C(C(=O)OC(=O)c3ccc([N+](=O)[O-])cc3)=C(CN3CC[C@@H](NC(=O)OC(=O)c4ccc([N+](=O)[O-])cc4)C3)[C@H](C)[C@H]12. The lowest BCUT2D eigenvalue weighted by atomic mass is 9.77. The number of non-ortho nitro benzene ring substituents is 2. The maximum Gasteiger partial charge on any atom is 0.415 e. The van der Waals surface area contributed by atoms with Gasteiger partial charge in [-0.15, -0.1) is 0 Å². The average molecular weight is 652 g/mol. The fraction of sp³-hybridized carbons (Fsp3) is 0.367. The molecule has 5 atom stereocenters. The zero-order valence-electron chi connectivity index (χ0n) is 25.1. The number of benzene rings is 2. The predicted molar refractivity (Wildman–Crippen MR) is 157 cm³/mol. The molecule has 3 heterocycles. The van der Waals surface area contributed by atoms with Gasteiger partial charge in [0.2, 0.25) is 5.91 Å². The Balaban J connectivity index is 1.25. The lowest BCUT2D eigenvalue weighted by Gasteiger charge is -2.46. The molecule has 2 fully saturated rings. The van der Waals surface area contributed by atoms with E-state index >= 15 is 0 Å². The summed E-state index contributed by atoms with van der Waals surface area (Å²) in [4.78, 5) is 87.5. The zero-order valence-corrected chi connectivity index (χ0v) is 25.1. The number of nitro benzene ring substituents is 2. The van der Waals surface area contributed by atoms with Gasteiger partial charge in [-0.05, 0) is 43.2 Å². The number of likely N-dealkylation sites (tertiary alicyclic amines) is 1. The molecule has 2 amide bonds. The van der Waals surface area contributed by atoms with Gasteiger partial charge in [-0.3, -0.25) is 29.9 Å². The van der Waals surface area contributed by atoms with Crippen molar-refractivity contribution in [1.82, 2.24) is 15.1 Å². The van der Waals surface area contributed by atoms with Crippen LogP contribution < -0.4 is 5.32 Å². The monoisotopic (exact) mass is 651 g/mol. The van der Waals surface area contributed by atoms with E-state index in [9.17, 15) is 49.3 Å². The van der Waals surface area contributed by atoms with E-state index in [1.54, 1.807) is 6.92 Å². The number of carbonyl (C=O) groups is 5. The number of β-lactam (4-membered cyclic amide) rings is 1. The Hall–Kier alpha value is -5.55. The van der Waals surface area contributed by atoms with Crippen molar-refractivity contribution >= 4 is 41.3 Å². The molecular formula is C30H29N5O12. The van der Waals surface area contributed by atoms with Crippen LogP contribution >= 0.6 is 0 Å². The summed E-state index contributed by atoms with van der Waals surface area (Å²) in [6, 6.07) is 8.01. The highest BCUT2D eigenvalue weighted by molar-refractivity contribution is 6.06. The van der Waals surface area contributed by atoms with E-state index in [1.165, 1.54) is 24.0 Å². The van der Waals surface area contributed by atoms with Crippen LogP contribution in [0.25, 0.3) is 0 Å². The van der Waals surface area contributed by atoms with E-state index < -0.39 is 69.8 Å². The highest BCUT2D eigenvalue weighted by Gasteiger charge is 2.60. The normalized spacial score (nSPS) is 22.6. The third-order valence-electron chi connectivity index (χ3n) is 8.50. The largest absolute Gasteiger partial charge is 0.415 e. The van der Waals surface area contributed by atoms with Crippen LogP contribution in [-0.2, 0) is 19.1 Å². The third kappa shape index (κ3) is 6.56. The molecular weight excluding hydrogens is 622 g/mol. The molecule has 3 aliphatic heterocycles. The molecule has 3 aliphatic rings. The van der Waals surface area contributed by atoms with Crippen LogP contribution in [0.15, 0.2) is 59.8 Å². The minimum Gasteiger partial charge on any atom is -0.393 e. The van der Waals surface area contributed by atoms with Gasteiger partial charge < -0.3 is 24.8 Å². The van der Waals surface area contributed by atoms with E-state index in [0.717, 1.165) is 36.4 Å². The van der Waals surface area contributed by atoms with Gasteiger partial charge >= 0.3 is 24.0 Å². The van der Waals surface area contributed by atoms with Gasteiger partial charge in [-0.2, -0.15) is 0 Å². The molecule has 47 heavy (non-hydrogen) atoms. The molecule has 0 bridgehead atoms. The van der Waals surface area contributed by atoms with Gasteiger partial charge in [0.15, 0.2) is 0 Å². The van der Waals surface area contributed by atoms with E-state index in [-0.39, 0.29) is 41.3 Å². The molecule has 5 rings (SSSR count). The Morgan fingerprint density at radius 1 is 0.936 bits per heavy atom. The molecule has 0 spiro atoms. The topological polar surface area (TPSA) is 229 Å². The number of aliphatic hydroxyl groups is 1. The number of nitrogens with zero attached hydrogens (tertiary/aromatic N) is 4. The minimum atomic E-state index is -1.09. The van der Waals surface area contributed by atoms with Crippen molar-refractivity contribution in [1.29, 1.82) is 0 Å². The van der Waals surface area contributed by atoms with Gasteiger partial charge in [0.05, 0.1) is 39.0 Å². The molecule has 2 aromatic carbocycles. The Bertz CT molecular complexity index is 1690. The van der Waals surface area contributed by atoms with Crippen LogP contribution in [0.4, 0.5) is 16.2 Å². The van der Waals surface area contributed by atoms with E-state index in [4.69, 9.17) is 9.47 Å². The summed E-state index contributed by atoms with van der Waals surface area (Å²) in [5.41, 5.74) is -0.288. The Labute approximate surface area is 266 Å². The molecule has 17 heteroatoms. The Morgan fingerprint density at radius 2 is 1.47 bits per heavy atom. The molecule has 17 nitrogen and oxygen atoms in total. The third-order valence-corrected chi connectivity index (χ3v) is 8.50. The fourth-order valence-corrected chi connectivity index (χ4v) is 6.15. The number of aliphatic hydroxyl groups excluding tert-OH is 1. The van der Waals surface area contributed by atoms with Crippen LogP contribution in [0.1, 0.15) is 41.0 Å². The summed E-state index contributed by atoms with van der Waals surface area (Å²) in [6.07, 6.45) is -1.56. The molecule has 0 aromatic heterocycles. The molecule has 0 radical (unpaired) electrons. The number of fused-ring (bicyclic) bond motifs is 1. The van der Waals surface area contributed by atoms with Crippen molar-refractivity contribution in [2.24, 2.45) is 11.8 Å². The maximum absolute atomic E-state index is 13.4. The van der Waals surface area contributed by atoms with E-state index in [2.05, 4.69) is 5.32 Å². The number of ether oxygens (including phenoxy) is 2. The van der Waals surface area contributed by atoms with Gasteiger partial charge in [0.25, 0.3) is 11.4 Å². The number of alkyl carbamates (subject to hydrolysis) is 1. The number of hydrogen-bond donors (Lipinski definition) is 2. The smallest absolute Gasteiger partial charge is 0.393 e. The zero-order chi connectivity index (χ0) is 34.2. The van der Waals surface area contributed by atoms with Gasteiger partial charge in [0, 0.05) is 55.9 Å². The second-order valence-electron chi connectivity index (χ2n) is 11.5. The van der Waals surface area contributed by atoms with Gasteiger partial charge in [0.1, 0.15) is 5.70 Å². The first-order valence-corrected chi connectivity index (χ1v) is 14.5. The number of hydrogen-bond acceptors (Lipinski definition) is 13. The molecule has 246 valence electrons. The molecule has 2 saturated heterocycles. The summed E-state index contributed by atoms with van der Waals surface area (Å²) in [7, 11) is 0. The predicted octanol–water partition coefficient (Wildman–Crippen LogP) is 1.94. The molecule has 0 aliphatic carbocycles. The first kappa shape index (κ1) is 32.8. The maximum atomic E-state index is 13.4. The van der Waals surface area contributed by atoms with Crippen molar-refractivity contribution in [2.75, 3.05) is 19.6 Å². The number of nitrogens with one attached hydrogen (secondary N) is 1. The molecule has 2 N–H and O–H groups in total. The van der Waals surface area contributed by atoms with Crippen LogP contribution in [0, 0.1) is 32.1 Å². The average Bonchev–Trinajstić information content (AvgIpc) is 3.56. The summed E-state index contributed by atoms with van der Waals surface area (Å²) < 4.78 is 9.93. The van der Waals surface area contributed by atoms with Crippen LogP contribution in [0.5, 0.6) is 0 Å². The van der Waals surface area contributed by atoms with Crippen LogP contribution in [0.3, 0.4) is 0 Å². The van der Waals surface area contributed by atoms with Crippen molar-refractivity contribution < 1.29 is 48.4 Å². The van der Waals surface area contributed by atoms with Crippen molar-refractivity contribution in [2.45, 2.75) is 38.5 Å². The highest BCUT2D eigenvalue weighted by atomic mass is 16.6. The van der Waals surface area contributed by atoms with Crippen molar-refractivity contribution in [3.63, 3.8) is 0 Å². The number of rotatable bonds is 9. The number of nitro groups is 2. The number of carbonyl (C=O) groups excluding carboxylic acids is 5. The Kier molecular flexibility index (Phi) is 9.12. The summed E-state index contributed by atoms with van der Waals surface area (Å²) in [5, 5.41) is 34.6. The summed E-state index contributed by atoms with van der Waals surface area (Å²) in [6.45, 7) is 4.14. The van der Waals surface area contributed by atoms with Crippen molar-refractivity contribution in [3.8, 4) is 0 Å². The van der Waals surface area contributed by atoms with Crippen LogP contribution in [-0.4, -0.2) is 92.5 Å². The first-order valence-electron chi connectivity index (χ1n) is 14.5. The van der Waals surface area contributed by atoms with E-state index in [0.29, 0.717) is 18.5 Å². The molecule has 2 aromatic rings. The van der Waals surface area contributed by atoms with Gasteiger partial charge in [-0.1, -0.05) is 6.92 Å². The lowest BCUT2D eigenvalue weighted by Crippen LogP contribution is -2.63. The highest BCUT2D eigenvalue weighted by Crippen LogP contribution is 2.47. The quantitative estimate of drug-likeness (QED) is 0.130. The van der Waals surface area contributed by atoms with Gasteiger partial charge in [-0.25, -0.2) is 19.2 Å². The lowest BCUT2D eigenvalue weighted by molar-refractivity contribution is -0.385. The van der Waals surface area contributed by atoms with E-state index in [1.807, 2.05) is 4.90 Å². The summed E-state index contributed by atoms with van der Waals surface area (Å²) in [5.74, 6) is -4.82. The fourth-order valence-electron chi connectivity index (χ4n) is 6.15.